The number of hydrogen-bond acceptors (Lipinski definition) is 3. The molecule has 0 aliphatic heterocycles. The van der Waals surface area contributed by atoms with Crippen molar-refractivity contribution >= 4 is 5.95 Å². The van der Waals surface area contributed by atoms with Gasteiger partial charge in [0.25, 0.3) is 0 Å². The van der Waals surface area contributed by atoms with E-state index < -0.39 is 0 Å². The molecule has 1 heterocycles. The summed E-state index contributed by atoms with van der Waals surface area (Å²) in [4.78, 5) is 10.9. The Morgan fingerprint density at radius 2 is 1.88 bits per heavy atom. The van der Waals surface area contributed by atoms with Crippen molar-refractivity contribution in [3.05, 3.63) is 53.9 Å². The summed E-state index contributed by atoms with van der Waals surface area (Å²) in [6, 6.07) is 12.3. The van der Waals surface area contributed by atoms with Crippen LogP contribution >= 0.6 is 0 Å². The van der Waals surface area contributed by atoms with E-state index in [1.165, 1.54) is 5.56 Å². The Kier molecular flexibility index (Phi) is 3.70. The van der Waals surface area contributed by atoms with Gasteiger partial charge in [0, 0.05) is 25.0 Å². The fourth-order valence-corrected chi connectivity index (χ4v) is 1.72. The third-order valence-electron chi connectivity index (χ3n) is 2.66. The van der Waals surface area contributed by atoms with Gasteiger partial charge in [-0.3, -0.25) is 0 Å². The molecule has 0 bridgehead atoms. The zero-order chi connectivity index (χ0) is 12.1. The molecule has 2 aromatic rings. The number of anilines is 1. The molecule has 0 unspecified atom stereocenters. The van der Waals surface area contributed by atoms with Crippen LogP contribution in [0.3, 0.4) is 0 Å². The SMILES string of the molecule is CCN(Cc1ccccc1)c1nccc(C)n1. The van der Waals surface area contributed by atoms with Crippen molar-refractivity contribution in [2.45, 2.75) is 20.4 Å². The minimum absolute atomic E-state index is 0.802. The number of rotatable bonds is 4. The standard InChI is InChI=1S/C14H17N3/c1-3-17(11-13-7-5-4-6-8-13)14-15-10-9-12(2)16-14/h4-10H,3,11H2,1-2H3. The summed E-state index contributed by atoms with van der Waals surface area (Å²) in [6.07, 6.45) is 1.81. The Balaban J connectivity index is 2.17. The van der Waals surface area contributed by atoms with Crippen LogP contribution < -0.4 is 4.90 Å². The maximum atomic E-state index is 4.46. The molecule has 0 saturated heterocycles. The van der Waals surface area contributed by atoms with Crippen molar-refractivity contribution in [2.24, 2.45) is 0 Å². The molecular weight excluding hydrogens is 210 g/mol. The first-order chi connectivity index (χ1) is 8.29. The molecule has 0 radical (unpaired) electrons. The van der Waals surface area contributed by atoms with Gasteiger partial charge in [0.1, 0.15) is 0 Å². The Morgan fingerprint density at radius 3 is 2.53 bits per heavy atom. The van der Waals surface area contributed by atoms with E-state index in [9.17, 15) is 0 Å². The zero-order valence-electron chi connectivity index (χ0n) is 10.3. The first-order valence-corrected chi connectivity index (χ1v) is 5.88. The molecule has 0 spiro atoms. The van der Waals surface area contributed by atoms with Gasteiger partial charge in [0.15, 0.2) is 0 Å². The quantitative estimate of drug-likeness (QED) is 0.804. The van der Waals surface area contributed by atoms with E-state index in [-0.39, 0.29) is 0 Å². The lowest BCUT2D eigenvalue weighted by Gasteiger charge is -2.20. The van der Waals surface area contributed by atoms with E-state index in [4.69, 9.17) is 0 Å². The highest BCUT2D eigenvalue weighted by atomic mass is 15.2. The van der Waals surface area contributed by atoms with Gasteiger partial charge in [-0.05, 0) is 25.5 Å². The molecule has 0 atom stereocenters. The van der Waals surface area contributed by atoms with E-state index in [1.807, 2.05) is 25.3 Å². The summed E-state index contributed by atoms with van der Waals surface area (Å²) in [6.45, 7) is 5.86. The summed E-state index contributed by atoms with van der Waals surface area (Å²) in [7, 11) is 0. The predicted octanol–water partition coefficient (Wildman–Crippen LogP) is 2.81. The molecule has 0 fully saturated rings. The van der Waals surface area contributed by atoms with Crippen LogP contribution in [-0.4, -0.2) is 16.5 Å². The van der Waals surface area contributed by atoms with E-state index in [2.05, 4.69) is 46.1 Å². The first kappa shape index (κ1) is 11.6. The lowest BCUT2D eigenvalue weighted by Crippen LogP contribution is -2.24. The van der Waals surface area contributed by atoms with Gasteiger partial charge in [-0.2, -0.15) is 0 Å². The highest BCUT2D eigenvalue weighted by Gasteiger charge is 2.07. The molecule has 3 heteroatoms. The predicted molar refractivity (Wildman–Crippen MR) is 69.9 cm³/mol. The van der Waals surface area contributed by atoms with Crippen LogP contribution in [0.2, 0.25) is 0 Å². The molecule has 3 nitrogen and oxygen atoms in total. The van der Waals surface area contributed by atoms with Crippen LogP contribution in [0.15, 0.2) is 42.6 Å². The van der Waals surface area contributed by atoms with Gasteiger partial charge in [0.05, 0.1) is 0 Å². The van der Waals surface area contributed by atoms with Crippen LogP contribution in [0.4, 0.5) is 5.95 Å². The summed E-state index contributed by atoms with van der Waals surface area (Å²) < 4.78 is 0. The van der Waals surface area contributed by atoms with Crippen LogP contribution in [0, 0.1) is 6.92 Å². The lowest BCUT2D eigenvalue weighted by atomic mass is 10.2. The Morgan fingerprint density at radius 1 is 1.12 bits per heavy atom. The number of aromatic nitrogens is 2. The van der Waals surface area contributed by atoms with Gasteiger partial charge in [-0.15, -0.1) is 0 Å². The van der Waals surface area contributed by atoms with Gasteiger partial charge in [-0.25, -0.2) is 9.97 Å². The third kappa shape index (κ3) is 3.03. The average molecular weight is 227 g/mol. The summed E-state index contributed by atoms with van der Waals surface area (Å²) >= 11 is 0. The Hall–Kier alpha value is -1.90. The maximum absolute atomic E-state index is 4.46. The molecular formula is C14H17N3. The van der Waals surface area contributed by atoms with Crippen molar-refractivity contribution < 1.29 is 0 Å². The van der Waals surface area contributed by atoms with Gasteiger partial charge < -0.3 is 4.90 Å². The summed E-state index contributed by atoms with van der Waals surface area (Å²) in [5.41, 5.74) is 2.28. The van der Waals surface area contributed by atoms with Crippen molar-refractivity contribution in [3.8, 4) is 0 Å². The molecule has 0 N–H and O–H groups in total. The van der Waals surface area contributed by atoms with Crippen LogP contribution in [0.1, 0.15) is 18.2 Å². The van der Waals surface area contributed by atoms with Crippen molar-refractivity contribution in [2.75, 3.05) is 11.4 Å². The number of hydrogen-bond donors (Lipinski definition) is 0. The molecule has 1 aromatic carbocycles. The van der Waals surface area contributed by atoms with E-state index in [1.54, 1.807) is 0 Å². The zero-order valence-corrected chi connectivity index (χ0v) is 10.3. The lowest BCUT2D eigenvalue weighted by molar-refractivity contribution is 0.787. The fraction of sp³-hybridized carbons (Fsp3) is 0.286. The highest BCUT2D eigenvalue weighted by Crippen LogP contribution is 2.11. The van der Waals surface area contributed by atoms with Crippen LogP contribution in [0.5, 0.6) is 0 Å². The molecule has 1 aromatic heterocycles. The fourth-order valence-electron chi connectivity index (χ4n) is 1.72. The highest BCUT2D eigenvalue weighted by molar-refractivity contribution is 5.32. The topological polar surface area (TPSA) is 29.0 Å². The van der Waals surface area contributed by atoms with Gasteiger partial charge in [-0.1, -0.05) is 30.3 Å². The van der Waals surface area contributed by atoms with Gasteiger partial charge in [0.2, 0.25) is 5.95 Å². The Labute approximate surface area is 102 Å². The average Bonchev–Trinajstić information content (AvgIpc) is 2.37. The van der Waals surface area contributed by atoms with Gasteiger partial charge >= 0.3 is 0 Å². The largest absolute Gasteiger partial charge is 0.337 e. The smallest absolute Gasteiger partial charge is 0.225 e. The van der Waals surface area contributed by atoms with E-state index in [0.717, 1.165) is 24.7 Å². The summed E-state index contributed by atoms with van der Waals surface area (Å²) in [5, 5.41) is 0. The number of aryl methyl sites for hydroxylation is 1. The normalized spacial score (nSPS) is 10.2. The number of benzene rings is 1. The second-order valence-electron chi connectivity index (χ2n) is 4.00. The Bertz CT molecular complexity index is 468. The molecule has 17 heavy (non-hydrogen) atoms. The molecule has 2 rings (SSSR count). The monoisotopic (exact) mass is 227 g/mol. The third-order valence-corrected chi connectivity index (χ3v) is 2.66. The second-order valence-corrected chi connectivity index (χ2v) is 4.00. The maximum Gasteiger partial charge on any atom is 0.225 e. The number of nitrogens with zero attached hydrogens (tertiary/aromatic N) is 3. The second kappa shape index (κ2) is 5.43. The first-order valence-electron chi connectivity index (χ1n) is 5.88. The van der Waals surface area contributed by atoms with E-state index >= 15 is 0 Å². The minimum Gasteiger partial charge on any atom is -0.337 e. The van der Waals surface area contributed by atoms with Crippen LogP contribution in [0.25, 0.3) is 0 Å². The molecule has 0 amide bonds. The summed E-state index contributed by atoms with van der Waals surface area (Å²) in [5.74, 6) is 0.802. The molecule has 0 aliphatic rings. The van der Waals surface area contributed by atoms with Crippen molar-refractivity contribution in [1.82, 2.24) is 9.97 Å². The van der Waals surface area contributed by atoms with Crippen molar-refractivity contribution in [1.29, 1.82) is 0 Å². The van der Waals surface area contributed by atoms with Crippen molar-refractivity contribution in [3.63, 3.8) is 0 Å². The molecule has 0 saturated carbocycles. The molecule has 0 aliphatic carbocycles. The molecule has 88 valence electrons. The van der Waals surface area contributed by atoms with Crippen LogP contribution in [-0.2, 0) is 6.54 Å². The van der Waals surface area contributed by atoms with E-state index in [0.29, 0.717) is 0 Å². The minimum atomic E-state index is 0.802.